The summed E-state index contributed by atoms with van der Waals surface area (Å²) < 4.78 is 0. The highest BCUT2D eigenvalue weighted by atomic mass is 16.1. The average Bonchev–Trinajstić information content (AvgIpc) is 2.57. The van der Waals surface area contributed by atoms with Crippen LogP contribution in [0.15, 0.2) is 42.5 Å². The van der Waals surface area contributed by atoms with Crippen LogP contribution in [0.2, 0.25) is 0 Å². The van der Waals surface area contributed by atoms with Gasteiger partial charge in [-0.3, -0.25) is 4.79 Å². The molecular weight excluding hydrogens is 296 g/mol. The molecule has 2 aromatic carbocycles. The molecule has 1 aliphatic heterocycles. The Labute approximate surface area is 144 Å². The molecule has 126 valence electrons. The van der Waals surface area contributed by atoms with Crippen LogP contribution in [0, 0.1) is 13.8 Å². The van der Waals surface area contributed by atoms with E-state index in [2.05, 4.69) is 23.5 Å². The number of benzene rings is 2. The Bertz CT molecular complexity index is 680. The quantitative estimate of drug-likeness (QED) is 0.890. The zero-order valence-electron chi connectivity index (χ0n) is 14.7. The lowest BCUT2D eigenvalue weighted by Crippen LogP contribution is -3.11. The van der Waals surface area contributed by atoms with Crippen LogP contribution in [-0.2, 0) is 6.54 Å². The van der Waals surface area contributed by atoms with Crippen LogP contribution in [0.25, 0.3) is 0 Å². The minimum Gasteiger partial charge on any atom is -0.331 e. The fraction of sp³-hybridized carbons (Fsp3) is 0.381. The fourth-order valence-corrected chi connectivity index (χ4v) is 3.53. The van der Waals surface area contributed by atoms with E-state index in [1.54, 1.807) is 4.90 Å². The van der Waals surface area contributed by atoms with E-state index in [4.69, 9.17) is 0 Å². The molecule has 1 saturated heterocycles. The smallest absolute Gasteiger partial charge is 0.255 e. The van der Waals surface area contributed by atoms with Crippen LogP contribution < -0.4 is 10.2 Å². The SMILES string of the molecule is Cc1cc(C)cc(C(=O)Nc2ccc(C[NH+]3CCCCC3)cc2)c1. The van der Waals surface area contributed by atoms with E-state index in [1.807, 2.05) is 38.1 Å². The van der Waals surface area contributed by atoms with Gasteiger partial charge in [-0.05, 0) is 57.4 Å². The number of anilines is 1. The number of hydrogen-bond acceptors (Lipinski definition) is 1. The normalized spacial score (nSPS) is 15.2. The van der Waals surface area contributed by atoms with Crippen molar-refractivity contribution in [3.05, 3.63) is 64.7 Å². The van der Waals surface area contributed by atoms with Crippen LogP contribution >= 0.6 is 0 Å². The third kappa shape index (κ3) is 4.45. The second-order valence-corrected chi connectivity index (χ2v) is 7.01. The van der Waals surface area contributed by atoms with E-state index in [1.165, 1.54) is 37.9 Å². The molecule has 24 heavy (non-hydrogen) atoms. The summed E-state index contributed by atoms with van der Waals surface area (Å²) in [5.74, 6) is -0.0452. The van der Waals surface area contributed by atoms with Crippen molar-refractivity contribution >= 4 is 11.6 Å². The topological polar surface area (TPSA) is 33.5 Å². The second-order valence-electron chi connectivity index (χ2n) is 7.01. The molecule has 1 heterocycles. The maximum absolute atomic E-state index is 12.4. The number of piperidine rings is 1. The van der Waals surface area contributed by atoms with Crippen LogP contribution in [0.4, 0.5) is 5.69 Å². The van der Waals surface area contributed by atoms with Gasteiger partial charge in [0, 0.05) is 16.8 Å². The van der Waals surface area contributed by atoms with E-state index in [0.717, 1.165) is 23.4 Å². The van der Waals surface area contributed by atoms with Crippen molar-refractivity contribution in [1.82, 2.24) is 0 Å². The first kappa shape index (κ1) is 16.7. The average molecular weight is 323 g/mol. The predicted molar refractivity (Wildman–Crippen MR) is 98.6 cm³/mol. The lowest BCUT2D eigenvalue weighted by atomic mass is 10.1. The van der Waals surface area contributed by atoms with Crippen molar-refractivity contribution in [1.29, 1.82) is 0 Å². The molecule has 0 unspecified atom stereocenters. The highest BCUT2D eigenvalue weighted by Gasteiger charge is 2.14. The zero-order chi connectivity index (χ0) is 16.9. The molecule has 1 aliphatic rings. The molecule has 1 amide bonds. The van der Waals surface area contributed by atoms with Gasteiger partial charge in [-0.15, -0.1) is 0 Å². The van der Waals surface area contributed by atoms with Gasteiger partial charge in [0.15, 0.2) is 0 Å². The number of carbonyl (C=O) groups excluding carboxylic acids is 1. The van der Waals surface area contributed by atoms with E-state index in [0.29, 0.717) is 5.56 Å². The predicted octanol–water partition coefficient (Wildman–Crippen LogP) is 3.12. The number of hydrogen-bond donors (Lipinski definition) is 2. The van der Waals surface area contributed by atoms with Crippen LogP contribution in [0.5, 0.6) is 0 Å². The van der Waals surface area contributed by atoms with E-state index in [-0.39, 0.29) is 5.91 Å². The van der Waals surface area contributed by atoms with Gasteiger partial charge in [0.2, 0.25) is 0 Å². The Morgan fingerprint density at radius 3 is 2.21 bits per heavy atom. The van der Waals surface area contributed by atoms with Crippen molar-refractivity contribution in [3.63, 3.8) is 0 Å². The summed E-state index contributed by atoms with van der Waals surface area (Å²) in [6, 6.07) is 14.2. The maximum Gasteiger partial charge on any atom is 0.255 e. The summed E-state index contributed by atoms with van der Waals surface area (Å²) in [7, 11) is 0. The molecule has 2 N–H and O–H groups in total. The number of rotatable bonds is 4. The highest BCUT2D eigenvalue weighted by molar-refractivity contribution is 6.04. The summed E-state index contributed by atoms with van der Waals surface area (Å²) in [6.07, 6.45) is 4.08. The molecule has 2 aromatic rings. The molecule has 0 saturated carbocycles. The molecule has 0 aromatic heterocycles. The number of carbonyl (C=O) groups is 1. The summed E-state index contributed by atoms with van der Waals surface area (Å²) >= 11 is 0. The molecule has 0 aliphatic carbocycles. The molecule has 3 rings (SSSR count). The lowest BCUT2D eigenvalue weighted by molar-refractivity contribution is -0.918. The molecule has 1 fully saturated rings. The van der Waals surface area contributed by atoms with Gasteiger partial charge >= 0.3 is 0 Å². The van der Waals surface area contributed by atoms with Gasteiger partial charge in [-0.25, -0.2) is 0 Å². The summed E-state index contributed by atoms with van der Waals surface area (Å²) in [6.45, 7) is 7.69. The first-order valence-electron chi connectivity index (χ1n) is 8.92. The number of aryl methyl sites for hydroxylation is 2. The largest absolute Gasteiger partial charge is 0.331 e. The summed E-state index contributed by atoms with van der Waals surface area (Å²) in [5, 5.41) is 3.00. The maximum atomic E-state index is 12.4. The number of quaternary nitrogens is 1. The summed E-state index contributed by atoms with van der Waals surface area (Å²) in [5.41, 5.74) is 5.14. The van der Waals surface area contributed by atoms with Crippen LogP contribution in [0.3, 0.4) is 0 Å². The van der Waals surface area contributed by atoms with Gasteiger partial charge < -0.3 is 10.2 Å². The third-order valence-electron chi connectivity index (χ3n) is 4.71. The first-order valence-corrected chi connectivity index (χ1v) is 8.92. The molecule has 0 bridgehead atoms. The van der Waals surface area contributed by atoms with Gasteiger partial charge in [-0.2, -0.15) is 0 Å². The van der Waals surface area contributed by atoms with Gasteiger partial charge in [-0.1, -0.05) is 29.3 Å². The van der Waals surface area contributed by atoms with Crippen molar-refractivity contribution < 1.29 is 9.69 Å². The minimum absolute atomic E-state index is 0.0452. The molecule has 0 atom stereocenters. The van der Waals surface area contributed by atoms with E-state index in [9.17, 15) is 4.79 Å². The minimum atomic E-state index is -0.0452. The van der Waals surface area contributed by atoms with Crippen molar-refractivity contribution in [2.45, 2.75) is 39.7 Å². The van der Waals surface area contributed by atoms with Crippen molar-refractivity contribution in [3.8, 4) is 0 Å². The Morgan fingerprint density at radius 2 is 1.58 bits per heavy atom. The molecule has 3 heteroatoms. The fourth-order valence-electron chi connectivity index (χ4n) is 3.53. The van der Waals surface area contributed by atoms with Gasteiger partial charge in [0.05, 0.1) is 13.1 Å². The first-order chi connectivity index (χ1) is 11.6. The highest BCUT2D eigenvalue weighted by Crippen LogP contribution is 2.14. The number of nitrogens with one attached hydrogen (secondary N) is 2. The lowest BCUT2D eigenvalue weighted by Gasteiger charge is -2.23. The number of likely N-dealkylation sites (tertiary alicyclic amines) is 1. The number of amides is 1. The zero-order valence-corrected chi connectivity index (χ0v) is 14.7. The van der Waals surface area contributed by atoms with E-state index < -0.39 is 0 Å². The van der Waals surface area contributed by atoms with Crippen molar-refractivity contribution in [2.75, 3.05) is 18.4 Å². The Hall–Kier alpha value is -2.13. The molecule has 0 spiro atoms. The second kappa shape index (κ2) is 7.63. The molecular formula is C21H27N2O+. The van der Waals surface area contributed by atoms with Gasteiger partial charge in [0.25, 0.3) is 5.91 Å². The van der Waals surface area contributed by atoms with Crippen LogP contribution in [-0.4, -0.2) is 19.0 Å². The van der Waals surface area contributed by atoms with E-state index >= 15 is 0 Å². The monoisotopic (exact) mass is 323 g/mol. The van der Waals surface area contributed by atoms with Crippen molar-refractivity contribution in [2.24, 2.45) is 0 Å². The summed E-state index contributed by atoms with van der Waals surface area (Å²) in [4.78, 5) is 14.1. The molecule has 3 nitrogen and oxygen atoms in total. The van der Waals surface area contributed by atoms with Crippen LogP contribution in [0.1, 0.15) is 46.3 Å². The third-order valence-corrected chi connectivity index (χ3v) is 4.71. The standard InChI is InChI=1S/C21H26N2O/c1-16-12-17(2)14-19(13-16)21(24)22-20-8-6-18(7-9-20)15-23-10-4-3-5-11-23/h6-9,12-14H,3-5,10-11,15H2,1-2H3,(H,22,24)/p+1. The molecule has 0 radical (unpaired) electrons. The van der Waals surface area contributed by atoms with Gasteiger partial charge in [0.1, 0.15) is 6.54 Å². The Morgan fingerprint density at radius 1 is 0.958 bits per heavy atom. The Kier molecular flexibility index (Phi) is 5.31. The Balaban J connectivity index is 1.62.